The molecule has 0 radical (unpaired) electrons. The Labute approximate surface area is 198 Å². The van der Waals surface area contributed by atoms with Crippen LogP contribution in [-0.2, 0) is 27.8 Å². The summed E-state index contributed by atoms with van der Waals surface area (Å²) >= 11 is 0. The topological polar surface area (TPSA) is 60.9 Å². The van der Waals surface area contributed by atoms with Gasteiger partial charge in [-0.05, 0) is 42.5 Å². The molecule has 0 atom stereocenters. The number of benzene rings is 2. The van der Waals surface area contributed by atoms with Gasteiger partial charge in [-0.25, -0.2) is 8.42 Å². The summed E-state index contributed by atoms with van der Waals surface area (Å²) in [4.78, 5) is 17.4. The van der Waals surface area contributed by atoms with E-state index in [1.807, 2.05) is 23.1 Å². The fourth-order valence-electron chi connectivity index (χ4n) is 4.67. The van der Waals surface area contributed by atoms with Crippen molar-refractivity contribution in [2.75, 3.05) is 39.3 Å². The van der Waals surface area contributed by atoms with Gasteiger partial charge in [0.25, 0.3) is 0 Å². The van der Waals surface area contributed by atoms with E-state index in [0.29, 0.717) is 30.8 Å². The Morgan fingerprint density at radius 1 is 0.727 bits per heavy atom. The number of hydrogen-bond acceptors (Lipinski definition) is 4. The van der Waals surface area contributed by atoms with Gasteiger partial charge in [0, 0.05) is 52.2 Å². The van der Waals surface area contributed by atoms with E-state index in [1.165, 1.54) is 5.56 Å². The van der Waals surface area contributed by atoms with Crippen molar-refractivity contribution in [2.24, 2.45) is 0 Å². The van der Waals surface area contributed by atoms with Crippen LogP contribution in [0.5, 0.6) is 0 Å². The van der Waals surface area contributed by atoms with E-state index in [4.69, 9.17) is 0 Å². The molecule has 0 aliphatic carbocycles. The van der Waals surface area contributed by atoms with E-state index in [9.17, 15) is 13.2 Å². The van der Waals surface area contributed by atoms with Gasteiger partial charge in [-0.2, -0.15) is 4.31 Å². The Hall–Kier alpha value is -2.22. The van der Waals surface area contributed by atoms with Gasteiger partial charge in [-0.3, -0.25) is 9.69 Å². The summed E-state index contributed by atoms with van der Waals surface area (Å²) in [5.74, 6) is 0.177. The Balaban J connectivity index is 1.24. The summed E-state index contributed by atoms with van der Waals surface area (Å²) in [5, 5.41) is 0. The SMILES string of the molecule is O=C(CCc1ccc(S(=O)(=O)N2CCCCCC2)cc1)N1CCN(Cc2ccccc2)CC1. The molecule has 33 heavy (non-hydrogen) atoms. The van der Waals surface area contributed by atoms with Crippen LogP contribution in [0.2, 0.25) is 0 Å². The van der Waals surface area contributed by atoms with Crippen molar-refractivity contribution < 1.29 is 13.2 Å². The van der Waals surface area contributed by atoms with Gasteiger partial charge in [-0.15, -0.1) is 0 Å². The van der Waals surface area contributed by atoms with Crippen molar-refractivity contribution in [1.82, 2.24) is 14.1 Å². The molecule has 2 heterocycles. The quantitative estimate of drug-likeness (QED) is 0.623. The standard InChI is InChI=1S/C26H35N3O3S/c30-26(28-20-18-27(19-21-28)22-24-8-4-3-5-9-24)15-12-23-10-13-25(14-11-23)33(31,32)29-16-6-1-2-7-17-29/h3-5,8-11,13-14H,1-2,6-7,12,15-22H2. The maximum atomic E-state index is 12.9. The third-order valence-corrected chi connectivity index (χ3v) is 8.64. The first kappa shape index (κ1) is 23.9. The fourth-order valence-corrected chi connectivity index (χ4v) is 6.18. The normalized spacial score (nSPS) is 18.7. The van der Waals surface area contributed by atoms with Crippen LogP contribution in [0.4, 0.5) is 0 Å². The number of rotatable bonds is 7. The largest absolute Gasteiger partial charge is 0.340 e. The molecule has 0 aromatic heterocycles. The first-order valence-electron chi connectivity index (χ1n) is 12.2. The van der Waals surface area contributed by atoms with Crippen molar-refractivity contribution in [1.29, 1.82) is 0 Å². The molecule has 6 nitrogen and oxygen atoms in total. The van der Waals surface area contributed by atoms with Crippen molar-refractivity contribution in [3.63, 3.8) is 0 Å². The predicted molar refractivity (Wildman–Crippen MR) is 130 cm³/mol. The third-order valence-electron chi connectivity index (χ3n) is 6.73. The van der Waals surface area contributed by atoms with Crippen LogP contribution in [0.15, 0.2) is 59.5 Å². The minimum Gasteiger partial charge on any atom is -0.340 e. The second-order valence-corrected chi connectivity index (χ2v) is 11.0. The summed E-state index contributed by atoms with van der Waals surface area (Å²) in [6, 6.07) is 17.5. The molecule has 4 rings (SSSR count). The second-order valence-electron chi connectivity index (χ2n) is 9.10. The Bertz CT molecular complexity index is 993. The molecule has 178 valence electrons. The molecule has 2 aromatic rings. The van der Waals surface area contributed by atoms with Crippen LogP contribution in [0, 0.1) is 0 Å². The molecule has 0 spiro atoms. The third kappa shape index (κ3) is 6.43. The molecule has 2 fully saturated rings. The van der Waals surface area contributed by atoms with Gasteiger partial charge in [-0.1, -0.05) is 55.3 Å². The van der Waals surface area contributed by atoms with Gasteiger partial charge in [0.2, 0.25) is 15.9 Å². The molecule has 0 saturated carbocycles. The van der Waals surface area contributed by atoms with Crippen LogP contribution in [0.1, 0.15) is 43.2 Å². The summed E-state index contributed by atoms with van der Waals surface area (Å²) in [5.41, 5.74) is 2.31. The second kappa shape index (κ2) is 11.3. The van der Waals surface area contributed by atoms with Crippen LogP contribution >= 0.6 is 0 Å². The minimum absolute atomic E-state index is 0.177. The molecule has 0 bridgehead atoms. The Kier molecular flexibility index (Phi) is 8.17. The lowest BCUT2D eigenvalue weighted by Crippen LogP contribution is -2.48. The highest BCUT2D eigenvalue weighted by molar-refractivity contribution is 7.89. The number of hydrogen-bond donors (Lipinski definition) is 0. The zero-order chi connectivity index (χ0) is 23.1. The summed E-state index contributed by atoms with van der Waals surface area (Å²) < 4.78 is 27.5. The molecule has 7 heteroatoms. The van der Waals surface area contributed by atoms with Gasteiger partial charge in [0.15, 0.2) is 0 Å². The predicted octanol–water partition coefficient (Wildman–Crippen LogP) is 3.53. The van der Waals surface area contributed by atoms with Crippen LogP contribution in [0.25, 0.3) is 0 Å². The van der Waals surface area contributed by atoms with E-state index in [1.54, 1.807) is 16.4 Å². The van der Waals surface area contributed by atoms with Crippen molar-refractivity contribution in [3.05, 3.63) is 65.7 Å². The summed E-state index contributed by atoms with van der Waals surface area (Å²) in [7, 11) is -3.42. The van der Waals surface area contributed by atoms with Crippen molar-refractivity contribution >= 4 is 15.9 Å². The van der Waals surface area contributed by atoms with Gasteiger partial charge in [0.1, 0.15) is 0 Å². The monoisotopic (exact) mass is 469 g/mol. The van der Waals surface area contributed by atoms with Crippen LogP contribution in [-0.4, -0.2) is 67.7 Å². The number of carbonyl (C=O) groups excluding carboxylic acids is 1. The van der Waals surface area contributed by atoms with E-state index < -0.39 is 10.0 Å². The summed E-state index contributed by atoms with van der Waals surface area (Å²) in [6.45, 7) is 5.45. The number of carbonyl (C=O) groups is 1. The summed E-state index contributed by atoms with van der Waals surface area (Å²) in [6.07, 6.45) is 5.14. The molecule has 2 aliphatic heterocycles. The molecule has 0 unspecified atom stereocenters. The highest BCUT2D eigenvalue weighted by atomic mass is 32.2. The molecular weight excluding hydrogens is 434 g/mol. The lowest BCUT2D eigenvalue weighted by molar-refractivity contribution is -0.133. The lowest BCUT2D eigenvalue weighted by Gasteiger charge is -2.34. The molecule has 2 aliphatic rings. The van der Waals surface area contributed by atoms with Crippen molar-refractivity contribution in [3.8, 4) is 0 Å². The van der Waals surface area contributed by atoms with E-state index in [2.05, 4.69) is 29.2 Å². The van der Waals surface area contributed by atoms with E-state index in [0.717, 1.165) is 64.0 Å². The number of amides is 1. The van der Waals surface area contributed by atoms with E-state index >= 15 is 0 Å². The minimum atomic E-state index is -3.42. The van der Waals surface area contributed by atoms with Gasteiger partial charge < -0.3 is 4.90 Å². The first-order chi connectivity index (χ1) is 16.0. The number of piperazine rings is 1. The zero-order valence-corrected chi connectivity index (χ0v) is 20.2. The van der Waals surface area contributed by atoms with Gasteiger partial charge in [0.05, 0.1) is 4.90 Å². The molecule has 0 N–H and O–H groups in total. The first-order valence-corrected chi connectivity index (χ1v) is 13.6. The van der Waals surface area contributed by atoms with Gasteiger partial charge >= 0.3 is 0 Å². The van der Waals surface area contributed by atoms with Crippen LogP contribution in [0.3, 0.4) is 0 Å². The number of nitrogens with zero attached hydrogens (tertiary/aromatic N) is 3. The fraction of sp³-hybridized carbons (Fsp3) is 0.500. The molecule has 2 saturated heterocycles. The molecule has 1 amide bonds. The lowest BCUT2D eigenvalue weighted by atomic mass is 10.1. The number of sulfonamides is 1. The molecule has 2 aromatic carbocycles. The molecular formula is C26H35N3O3S. The Morgan fingerprint density at radius 3 is 2.00 bits per heavy atom. The highest BCUT2D eigenvalue weighted by Gasteiger charge is 2.25. The zero-order valence-electron chi connectivity index (χ0n) is 19.4. The average molecular weight is 470 g/mol. The Morgan fingerprint density at radius 2 is 1.36 bits per heavy atom. The van der Waals surface area contributed by atoms with E-state index in [-0.39, 0.29) is 5.91 Å². The highest BCUT2D eigenvalue weighted by Crippen LogP contribution is 2.21. The maximum Gasteiger partial charge on any atom is 0.243 e. The maximum absolute atomic E-state index is 12.9. The van der Waals surface area contributed by atoms with Crippen molar-refractivity contribution in [2.45, 2.75) is 50.0 Å². The van der Waals surface area contributed by atoms with Crippen LogP contribution < -0.4 is 0 Å². The smallest absolute Gasteiger partial charge is 0.243 e. The number of aryl methyl sites for hydroxylation is 1. The average Bonchev–Trinajstić information content (AvgIpc) is 3.14.